The van der Waals surface area contributed by atoms with E-state index in [0.717, 1.165) is 0 Å². The highest BCUT2D eigenvalue weighted by molar-refractivity contribution is 7.85. The van der Waals surface area contributed by atoms with E-state index in [-0.39, 0.29) is 4.90 Å². The second-order valence-corrected chi connectivity index (χ2v) is 5.14. The zero-order valence-electron chi connectivity index (χ0n) is 10.0. The van der Waals surface area contributed by atoms with Crippen LogP contribution in [0, 0.1) is 0 Å². The van der Waals surface area contributed by atoms with Crippen molar-refractivity contribution in [1.29, 1.82) is 0 Å². The third-order valence-electron chi connectivity index (χ3n) is 2.09. The lowest BCUT2D eigenvalue weighted by atomic mass is 10.3. The summed E-state index contributed by atoms with van der Waals surface area (Å²) in [6.07, 6.45) is 0. The maximum absolute atomic E-state index is 10.5. The Balaban J connectivity index is 0.000000200. The predicted octanol–water partition coefficient (Wildman–Crippen LogP) is 1.37. The minimum atomic E-state index is -4.08. The Morgan fingerprint density at radius 1 is 0.789 bits per heavy atom. The molecule has 2 aromatic carbocycles. The van der Waals surface area contributed by atoms with Gasteiger partial charge in [-0.15, -0.1) is 0 Å². The molecule has 0 aliphatic heterocycles. The van der Waals surface area contributed by atoms with E-state index in [0.29, 0.717) is 17.1 Å². The van der Waals surface area contributed by atoms with E-state index >= 15 is 0 Å². The third-order valence-corrected chi connectivity index (χ3v) is 2.96. The average Bonchev–Trinajstić information content (AvgIpc) is 2.28. The Morgan fingerprint density at radius 2 is 1.26 bits per heavy atom. The van der Waals surface area contributed by atoms with Crippen LogP contribution in [-0.4, -0.2) is 13.0 Å². The van der Waals surface area contributed by atoms with Crippen LogP contribution in [0.5, 0.6) is 0 Å². The first-order valence-corrected chi connectivity index (χ1v) is 6.67. The highest BCUT2D eigenvalue weighted by atomic mass is 32.2. The van der Waals surface area contributed by atoms with Gasteiger partial charge in [-0.05, 0) is 42.5 Å². The van der Waals surface area contributed by atoms with Gasteiger partial charge in [-0.3, -0.25) is 4.55 Å². The molecule has 2 rings (SSSR count). The standard InChI is InChI=1S/C6H8N2.C6H7NO3S/c7-5-2-1-3-6(8)4-5;7-5-1-3-6(4-2-5)11(8,9)10/h1-4H,7-8H2;1-4H,7H2,(H,8,9,10). The van der Waals surface area contributed by atoms with E-state index < -0.39 is 10.1 Å². The molecular weight excluding hydrogens is 266 g/mol. The Labute approximate surface area is 111 Å². The fourth-order valence-corrected chi connectivity index (χ4v) is 1.68. The molecule has 102 valence electrons. The highest BCUT2D eigenvalue weighted by Gasteiger charge is 2.06. The van der Waals surface area contributed by atoms with Crippen LogP contribution in [0.2, 0.25) is 0 Å². The zero-order chi connectivity index (χ0) is 14.5. The SMILES string of the molecule is Nc1ccc(S(=O)(=O)O)cc1.Nc1cccc(N)c1. The minimum absolute atomic E-state index is 0.147. The van der Waals surface area contributed by atoms with Crippen molar-refractivity contribution in [3.63, 3.8) is 0 Å². The fourth-order valence-electron chi connectivity index (χ4n) is 1.20. The summed E-state index contributed by atoms with van der Waals surface area (Å²) in [6, 6.07) is 12.4. The van der Waals surface area contributed by atoms with Crippen LogP contribution in [0.1, 0.15) is 0 Å². The van der Waals surface area contributed by atoms with Gasteiger partial charge in [0, 0.05) is 17.1 Å². The molecule has 0 atom stereocenters. The summed E-state index contributed by atoms with van der Waals surface area (Å²) in [5.41, 5.74) is 17.9. The molecule has 0 saturated carbocycles. The van der Waals surface area contributed by atoms with Crippen LogP contribution in [0.25, 0.3) is 0 Å². The molecule has 19 heavy (non-hydrogen) atoms. The van der Waals surface area contributed by atoms with Gasteiger partial charge < -0.3 is 17.2 Å². The molecule has 2 aromatic rings. The van der Waals surface area contributed by atoms with Gasteiger partial charge in [0.15, 0.2) is 0 Å². The van der Waals surface area contributed by atoms with Gasteiger partial charge in [0.2, 0.25) is 0 Å². The first-order valence-electron chi connectivity index (χ1n) is 5.23. The molecule has 0 aromatic heterocycles. The molecule has 0 aliphatic rings. The van der Waals surface area contributed by atoms with E-state index in [1.165, 1.54) is 24.3 Å². The first kappa shape index (κ1) is 14.8. The molecule has 0 spiro atoms. The molecule has 7 N–H and O–H groups in total. The molecule has 0 unspecified atom stereocenters. The molecule has 0 aliphatic carbocycles. The van der Waals surface area contributed by atoms with E-state index in [1.54, 1.807) is 18.2 Å². The van der Waals surface area contributed by atoms with Gasteiger partial charge in [0.05, 0.1) is 4.90 Å². The Morgan fingerprint density at radius 3 is 1.58 bits per heavy atom. The monoisotopic (exact) mass is 281 g/mol. The molecular formula is C12H15N3O3S. The summed E-state index contributed by atoms with van der Waals surface area (Å²) in [6.45, 7) is 0. The van der Waals surface area contributed by atoms with Crippen molar-refractivity contribution in [1.82, 2.24) is 0 Å². The van der Waals surface area contributed by atoms with Gasteiger partial charge >= 0.3 is 0 Å². The molecule has 0 amide bonds. The van der Waals surface area contributed by atoms with Crippen molar-refractivity contribution in [2.45, 2.75) is 4.90 Å². The summed E-state index contributed by atoms with van der Waals surface area (Å²) in [5.74, 6) is 0. The number of nitrogen functional groups attached to an aromatic ring is 3. The molecule has 0 fully saturated rings. The van der Waals surface area contributed by atoms with Gasteiger partial charge in [0.1, 0.15) is 0 Å². The van der Waals surface area contributed by atoms with Crippen LogP contribution in [0.3, 0.4) is 0 Å². The van der Waals surface area contributed by atoms with Gasteiger partial charge in [-0.2, -0.15) is 8.42 Å². The second-order valence-electron chi connectivity index (χ2n) is 3.71. The van der Waals surface area contributed by atoms with Crippen LogP contribution in [0.15, 0.2) is 53.4 Å². The topological polar surface area (TPSA) is 132 Å². The number of anilines is 3. The summed E-state index contributed by atoms with van der Waals surface area (Å²) in [7, 11) is -4.08. The van der Waals surface area contributed by atoms with E-state index in [4.69, 9.17) is 21.8 Å². The van der Waals surface area contributed by atoms with Gasteiger partial charge in [0.25, 0.3) is 10.1 Å². The molecule has 6 nitrogen and oxygen atoms in total. The summed E-state index contributed by atoms with van der Waals surface area (Å²) >= 11 is 0. The lowest BCUT2D eigenvalue weighted by Crippen LogP contribution is -1.97. The van der Waals surface area contributed by atoms with Crippen molar-refractivity contribution >= 4 is 27.2 Å². The second kappa shape index (κ2) is 6.07. The van der Waals surface area contributed by atoms with Crippen molar-refractivity contribution in [2.75, 3.05) is 17.2 Å². The van der Waals surface area contributed by atoms with Crippen LogP contribution < -0.4 is 17.2 Å². The Kier molecular flexibility index (Phi) is 4.74. The normalized spacial score (nSPS) is 10.4. The maximum atomic E-state index is 10.5. The summed E-state index contributed by atoms with van der Waals surface area (Å²) in [4.78, 5) is -0.147. The van der Waals surface area contributed by atoms with E-state index in [2.05, 4.69) is 0 Å². The van der Waals surface area contributed by atoms with Gasteiger partial charge in [-0.25, -0.2) is 0 Å². The number of nitrogens with two attached hydrogens (primary N) is 3. The number of hydrogen-bond donors (Lipinski definition) is 4. The number of hydrogen-bond acceptors (Lipinski definition) is 5. The Hall–Kier alpha value is -2.25. The maximum Gasteiger partial charge on any atom is 0.294 e. The smallest absolute Gasteiger partial charge is 0.294 e. The third kappa shape index (κ3) is 5.28. The molecule has 0 heterocycles. The van der Waals surface area contributed by atoms with Crippen LogP contribution in [0.4, 0.5) is 17.1 Å². The van der Waals surface area contributed by atoms with E-state index in [1.807, 2.05) is 6.07 Å². The quantitative estimate of drug-likeness (QED) is 0.461. The summed E-state index contributed by atoms with van der Waals surface area (Å²) in [5, 5.41) is 0. The van der Waals surface area contributed by atoms with Crippen molar-refractivity contribution < 1.29 is 13.0 Å². The average molecular weight is 281 g/mol. The minimum Gasteiger partial charge on any atom is -0.399 e. The molecule has 0 saturated heterocycles. The lowest BCUT2D eigenvalue weighted by molar-refractivity contribution is 0.483. The fraction of sp³-hybridized carbons (Fsp3) is 0. The summed E-state index contributed by atoms with van der Waals surface area (Å²) < 4.78 is 29.4. The van der Waals surface area contributed by atoms with Crippen molar-refractivity contribution in [3.8, 4) is 0 Å². The highest BCUT2D eigenvalue weighted by Crippen LogP contribution is 2.10. The molecule has 0 radical (unpaired) electrons. The lowest BCUT2D eigenvalue weighted by Gasteiger charge is -1.95. The van der Waals surface area contributed by atoms with Crippen LogP contribution >= 0.6 is 0 Å². The van der Waals surface area contributed by atoms with E-state index in [9.17, 15) is 8.42 Å². The number of rotatable bonds is 1. The number of benzene rings is 2. The Bertz CT molecular complexity index is 622. The zero-order valence-corrected chi connectivity index (χ0v) is 10.8. The first-order chi connectivity index (χ1) is 8.79. The van der Waals surface area contributed by atoms with Crippen molar-refractivity contribution in [3.05, 3.63) is 48.5 Å². The van der Waals surface area contributed by atoms with Crippen LogP contribution in [-0.2, 0) is 10.1 Å². The molecule has 0 bridgehead atoms. The largest absolute Gasteiger partial charge is 0.399 e. The van der Waals surface area contributed by atoms with Crippen molar-refractivity contribution in [2.24, 2.45) is 0 Å². The predicted molar refractivity (Wildman–Crippen MR) is 75.9 cm³/mol. The molecule has 7 heteroatoms. The van der Waals surface area contributed by atoms with Gasteiger partial charge in [-0.1, -0.05) is 6.07 Å².